The van der Waals surface area contributed by atoms with Gasteiger partial charge in [0.15, 0.2) is 0 Å². The van der Waals surface area contributed by atoms with Gasteiger partial charge in [0.05, 0.1) is 18.3 Å². The molecule has 3 fully saturated rings. The van der Waals surface area contributed by atoms with E-state index in [4.69, 9.17) is 0 Å². The quantitative estimate of drug-likeness (QED) is 0.725. The van der Waals surface area contributed by atoms with Gasteiger partial charge in [-0.05, 0) is 74.7 Å². The predicted molar refractivity (Wildman–Crippen MR) is 96.4 cm³/mol. The second kappa shape index (κ2) is 6.78. The predicted octanol–water partition coefficient (Wildman–Crippen LogP) is 3.51. The van der Waals surface area contributed by atoms with E-state index in [2.05, 4.69) is 25.7 Å². The van der Waals surface area contributed by atoms with Crippen LogP contribution >= 0.6 is 0 Å². The minimum atomic E-state index is -0.324. The summed E-state index contributed by atoms with van der Waals surface area (Å²) < 4.78 is 0. The number of allylic oxidation sites excluding steroid dienone is 3. The Morgan fingerprint density at radius 3 is 2.58 bits per heavy atom. The van der Waals surface area contributed by atoms with Gasteiger partial charge >= 0.3 is 0 Å². The van der Waals surface area contributed by atoms with Crippen LogP contribution in [0.2, 0.25) is 0 Å². The van der Waals surface area contributed by atoms with Gasteiger partial charge in [-0.2, -0.15) is 0 Å². The van der Waals surface area contributed by atoms with Crippen molar-refractivity contribution in [3.05, 3.63) is 35.5 Å². The van der Waals surface area contributed by atoms with Gasteiger partial charge in [-0.1, -0.05) is 36.8 Å². The summed E-state index contributed by atoms with van der Waals surface area (Å²) in [4.78, 5) is 0. The molecule has 0 bridgehead atoms. The summed E-state index contributed by atoms with van der Waals surface area (Å²) in [5, 5.41) is 30.5. The Balaban J connectivity index is 1.86. The van der Waals surface area contributed by atoms with E-state index in [1.54, 1.807) is 0 Å². The fourth-order valence-electron chi connectivity index (χ4n) is 5.53. The van der Waals surface area contributed by atoms with Crippen LogP contribution in [0.25, 0.3) is 0 Å². The maximum atomic E-state index is 10.4. The van der Waals surface area contributed by atoms with Crippen molar-refractivity contribution in [2.75, 3.05) is 0 Å². The second-order valence-electron chi connectivity index (χ2n) is 8.48. The molecule has 0 aromatic heterocycles. The van der Waals surface area contributed by atoms with Gasteiger partial charge in [0.2, 0.25) is 0 Å². The molecular weight excluding hydrogens is 300 g/mol. The van der Waals surface area contributed by atoms with E-state index >= 15 is 0 Å². The number of hydrogen-bond donors (Lipinski definition) is 3. The van der Waals surface area contributed by atoms with Gasteiger partial charge in [0.25, 0.3) is 0 Å². The zero-order chi connectivity index (χ0) is 17.5. The van der Waals surface area contributed by atoms with E-state index in [0.29, 0.717) is 12.3 Å². The van der Waals surface area contributed by atoms with E-state index in [-0.39, 0.29) is 29.6 Å². The monoisotopic (exact) mass is 332 g/mol. The molecule has 3 saturated carbocycles. The molecule has 134 valence electrons. The maximum absolute atomic E-state index is 10.4. The van der Waals surface area contributed by atoms with Crippen LogP contribution in [0, 0.1) is 17.3 Å². The minimum absolute atomic E-state index is 0.0146. The SMILES string of the molecule is C=C1CC[C@H](O)C/C1=C/C=C1\C[C@H](O)C[C@]2(C)[C@@H]([C@@H](C)O)CC[C@@H]12. The van der Waals surface area contributed by atoms with E-state index < -0.39 is 0 Å². The van der Waals surface area contributed by atoms with Crippen LogP contribution in [0.15, 0.2) is 35.5 Å². The number of fused-ring (bicyclic) bond motifs is 1. The lowest BCUT2D eigenvalue weighted by Gasteiger charge is -2.45. The zero-order valence-electron chi connectivity index (χ0n) is 15.0. The molecule has 3 N–H and O–H groups in total. The number of hydrogen-bond acceptors (Lipinski definition) is 3. The first kappa shape index (κ1) is 17.9. The molecule has 0 amide bonds. The summed E-state index contributed by atoms with van der Waals surface area (Å²) in [5.74, 6) is 0.708. The summed E-state index contributed by atoms with van der Waals surface area (Å²) >= 11 is 0. The van der Waals surface area contributed by atoms with Crippen molar-refractivity contribution in [1.82, 2.24) is 0 Å². The van der Waals surface area contributed by atoms with Crippen molar-refractivity contribution < 1.29 is 15.3 Å². The molecule has 0 unspecified atom stereocenters. The van der Waals surface area contributed by atoms with Crippen LogP contribution in [0.1, 0.15) is 58.8 Å². The Kier molecular flexibility index (Phi) is 5.06. The van der Waals surface area contributed by atoms with E-state index in [1.165, 1.54) is 5.57 Å². The average molecular weight is 332 g/mol. The van der Waals surface area contributed by atoms with Crippen LogP contribution in [0.5, 0.6) is 0 Å². The van der Waals surface area contributed by atoms with Crippen molar-refractivity contribution in [3.63, 3.8) is 0 Å². The van der Waals surface area contributed by atoms with Crippen LogP contribution in [-0.2, 0) is 0 Å². The Bertz CT molecular complexity index is 559. The topological polar surface area (TPSA) is 60.7 Å². The van der Waals surface area contributed by atoms with E-state index in [0.717, 1.165) is 49.7 Å². The highest BCUT2D eigenvalue weighted by molar-refractivity contribution is 5.36. The maximum Gasteiger partial charge on any atom is 0.0583 e. The number of rotatable bonds is 2. The van der Waals surface area contributed by atoms with Crippen molar-refractivity contribution >= 4 is 0 Å². The van der Waals surface area contributed by atoms with Gasteiger partial charge in [-0.25, -0.2) is 0 Å². The third kappa shape index (κ3) is 3.26. The molecule has 0 heterocycles. The van der Waals surface area contributed by atoms with Gasteiger partial charge in [-0.15, -0.1) is 0 Å². The van der Waals surface area contributed by atoms with Crippen LogP contribution in [0.3, 0.4) is 0 Å². The molecule has 0 spiro atoms. The van der Waals surface area contributed by atoms with Gasteiger partial charge in [0.1, 0.15) is 0 Å². The van der Waals surface area contributed by atoms with Gasteiger partial charge in [0, 0.05) is 0 Å². The van der Waals surface area contributed by atoms with E-state index in [9.17, 15) is 15.3 Å². The van der Waals surface area contributed by atoms with Gasteiger partial charge in [-0.3, -0.25) is 0 Å². The standard InChI is InChI=1S/C21H32O3/c1-13-4-7-17(23)10-15(13)5-6-16-11-18(24)12-21(3)19(14(2)22)8-9-20(16)21/h5-6,14,17-20,22-24H,1,4,7-12H2,2-3H3/b15-5-,16-6+/t14-,17+,18+,19-,20+,21-/m1/s1. The fourth-order valence-corrected chi connectivity index (χ4v) is 5.53. The molecule has 0 saturated heterocycles. The molecule has 3 aliphatic carbocycles. The lowest BCUT2D eigenvalue weighted by molar-refractivity contribution is -0.0110. The molecule has 6 atom stereocenters. The first-order valence-electron chi connectivity index (χ1n) is 9.43. The van der Waals surface area contributed by atoms with Crippen LogP contribution in [0.4, 0.5) is 0 Å². The molecule has 3 aliphatic rings. The highest BCUT2D eigenvalue weighted by atomic mass is 16.3. The third-order valence-electron chi connectivity index (χ3n) is 6.77. The fraction of sp³-hybridized carbons (Fsp3) is 0.714. The average Bonchev–Trinajstić information content (AvgIpc) is 2.84. The highest BCUT2D eigenvalue weighted by Crippen LogP contribution is 2.58. The minimum Gasteiger partial charge on any atom is -0.393 e. The Morgan fingerprint density at radius 1 is 1.12 bits per heavy atom. The smallest absolute Gasteiger partial charge is 0.0583 e. The van der Waals surface area contributed by atoms with Crippen LogP contribution < -0.4 is 0 Å². The first-order valence-corrected chi connectivity index (χ1v) is 9.43. The third-order valence-corrected chi connectivity index (χ3v) is 6.77. The summed E-state index contributed by atoms with van der Waals surface area (Å²) in [6, 6.07) is 0. The van der Waals surface area contributed by atoms with Gasteiger partial charge < -0.3 is 15.3 Å². The number of aliphatic hydroxyl groups excluding tert-OH is 3. The van der Waals surface area contributed by atoms with Crippen LogP contribution in [-0.4, -0.2) is 33.6 Å². The molecule has 24 heavy (non-hydrogen) atoms. The molecule has 0 aliphatic heterocycles. The largest absolute Gasteiger partial charge is 0.393 e. The van der Waals surface area contributed by atoms with Crippen molar-refractivity contribution in [2.45, 2.75) is 77.1 Å². The molecule has 0 aromatic carbocycles. The Hall–Kier alpha value is -0.900. The Labute approximate surface area is 145 Å². The Morgan fingerprint density at radius 2 is 1.88 bits per heavy atom. The normalized spacial score (nSPS) is 44.8. The molecule has 3 heteroatoms. The lowest BCUT2D eigenvalue weighted by atomic mass is 9.61. The summed E-state index contributed by atoms with van der Waals surface area (Å²) in [7, 11) is 0. The summed E-state index contributed by atoms with van der Waals surface area (Å²) in [6.45, 7) is 8.26. The van der Waals surface area contributed by atoms with Crippen molar-refractivity contribution in [2.24, 2.45) is 17.3 Å². The first-order chi connectivity index (χ1) is 11.3. The zero-order valence-corrected chi connectivity index (χ0v) is 15.0. The summed E-state index contributed by atoms with van der Waals surface area (Å²) in [6.07, 6.45) is 9.39. The molecule has 0 radical (unpaired) electrons. The molecular formula is C21H32O3. The van der Waals surface area contributed by atoms with Crippen molar-refractivity contribution in [1.29, 1.82) is 0 Å². The highest BCUT2D eigenvalue weighted by Gasteiger charge is 2.52. The molecule has 3 nitrogen and oxygen atoms in total. The summed E-state index contributed by atoms with van der Waals surface area (Å²) in [5.41, 5.74) is 3.57. The molecule has 0 aromatic rings. The number of aliphatic hydroxyl groups is 3. The van der Waals surface area contributed by atoms with Crippen molar-refractivity contribution in [3.8, 4) is 0 Å². The second-order valence-corrected chi connectivity index (χ2v) is 8.48. The molecule has 3 rings (SSSR count). The lowest BCUT2D eigenvalue weighted by Crippen LogP contribution is -2.42. The van der Waals surface area contributed by atoms with E-state index in [1.807, 2.05) is 6.92 Å².